The van der Waals surface area contributed by atoms with Gasteiger partial charge in [0.15, 0.2) is 0 Å². The first-order chi connectivity index (χ1) is 11.8. The van der Waals surface area contributed by atoms with Crippen molar-refractivity contribution in [2.24, 2.45) is 0 Å². The van der Waals surface area contributed by atoms with Crippen LogP contribution in [0.15, 0.2) is 23.2 Å². The number of benzene rings is 1. The number of nitrogens with zero attached hydrogens (tertiary/aromatic N) is 3. The fourth-order valence-corrected chi connectivity index (χ4v) is 3.27. The Balaban J connectivity index is 2.20. The Morgan fingerprint density at radius 3 is 2.68 bits per heavy atom. The third-order valence-corrected chi connectivity index (χ3v) is 4.93. The molecule has 0 aliphatic carbocycles. The zero-order valence-corrected chi connectivity index (χ0v) is 16.0. The van der Waals surface area contributed by atoms with E-state index in [1.54, 1.807) is 6.92 Å². The zero-order chi connectivity index (χ0) is 18.6. The van der Waals surface area contributed by atoms with Crippen LogP contribution in [0.4, 0.5) is 5.69 Å². The van der Waals surface area contributed by atoms with E-state index in [0.717, 1.165) is 16.8 Å². The summed E-state index contributed by atoms with van der Waals surface area (Å²) in [6.07, 6.45) is 0.684. The highest BCUT2D eigenvalue weighted by Gasteiger charge is 2.20. The summed E-state index contributed by atoms with van der Waals surface area (Å²) in [5, 5.41) is 12.5. The topological polar surface area (TPSA) is 78.7 Å². The van der Waals surface area contributed by atoms with Gasteiger partial charge in [0.25, 0.3) is 0 Å². The number of hydrogen-bond acceptors (Lipinski definition) is 5. The molecule has 0 spiro atoms. The number of nitriles is 1. The Kier molecular flexibility index (Phi) is 6.16. The second-order valence-corrected chi connectivity index (χ2v) is 7.27. The number of thioether (sulfide) groups is 1. The molecule has 1 heterocycles. The van der Waals surface area contributed by atoms with Gasteiger partial charge in [0.2, 0.25) is 5.91 Å². The molecule has 130 valence electrons. The summed E-state index contributed by atoms with van der Waals surface area (Å²) in [5.74, 6) is 0.568. The molecule has 5 nitrogen and oxygen atoms in total. The van der Waals surface area contributed by atoms with Gasteiger partial charge in [-0.1, -0.05) is 30.8 Å². The number of carbonyl (C=O) groups is 1. The number of hydrogen-bond donors (Lipinski definition) is 1. The molecule has 0 saturated heterocycles. The molecule has 1 aromatic heterocycles. The van der Waals surface area contributed by atoms with Crippen molar-refractivity contribution in [2.45, 2.75) is 51.3 Å². The summed E-state index contributed by atoms with van der Waals surface area (Å²) >= 11 is 1.29. The molecule has 1 unspecified atom stereocenters. The van der Waals surface area contributed by atoms with Crippen molar-refractivity contribution in [3.8, 4) is 6.07 Å². The maximum absolute atomic E-state index is 12.6. The molecule has 25 heavy (non-hydrogen) atoms. The van der Waals surface area contributed by atoms with Crippen LogP contribution in [0.25, 0.3) is 0 Å². The van der Waals surface area contributed by atoms with Gasteiger partial charge in [-0.15, -0.1) is 0 Å². The van der Waals surface area contributed by atoms with Crippen LogP contribution in [0.5, 0.6) is 0 Å². The smallest absolute Gasteiger partial charge is 0.237 e. The van der Waals surface area contributed by atoms with Crippen molar-refractivity contribution < 1.29 is 4.79 Å². The van der Waals surface area contributed by atoms with E-state index in [2.05, 4.69) is 21.4 Å². The van der Waals surface area contributed by atoms with Gasteiger partial charge in [-0.25, -0.2) is 9.97 Å². The Bertz CT molecular complexity index is 842. The maximum Gasteiger partial charge on any atom is 0.237 e. The highest BCUT2D eigenvalue weighted by molar-refractivity contribution is 8.00. The van der Waals surface area contributed by atoms with Crippen LogP contribution in [0.3, 0.4) is 0 Å². The van der Waals surface area contributed by atoms with E-state index in [9.17, 15) is 10.1 Å². The summed E-state index contributed by atoms with van der Waals surface area (Å²) in [6.45, 7) is 9.52. The van der Waals surface area contributed by atoms with Crippen molar-refractivity contribution in [3.05, 3.63) is 46.4 Å². The number of anilines is 1. The average Bonchev–Trinajstić information content (AvgIpc) is 2.57. The van der Waals surface area contributed by atoms with Crippen molar-refractivity contribution >= 4 is 23.4 Å². The first kappa shape index (κ1) is 18.9. The fourth-order valence-electron chi connectivity index (χ4n) is 2.30. The number of carbonyl (C=O) groups excluding carboxylic acids is 1. The van der Waals surface area contributed by atoms with Crippen molar-refractivity contribution in [2.75, 3.05) is 5.32 Å². The standard InChI is InChI=1S/C19H22N4OS/c1-6-17-21-13(4)15(10-20)19(23-17)25-14(5)18(24)22-16-9-11(2)7-8-12(16)3/h7-9,14H,6H2,1-5H3,(H,22,24). The second kappa shape index (κ2) is 8.13. The van der Waals surface area contributed by atoms with Gasteiger partial charge in [-0.05, 0) is 44.9 Å². The van der Waals surface area contributed by atoms with Gasteiger partial charge in [0.1, 0.15) is 22.5 Å². The van der Waals surface area contributed by atoms with E-state index in [4.69, 9.17) is 0 Å². The number of rotatable bonds is 5. The predicted molar refractivity (Wildman–Crippen MR) is 101 cm³/mol. The van der Waals surface area contributed by atoms with Crippen molar-refractivity contribution in [1.82, 2.24) is 9.97 Å². The summed E-state index contributed by atoms with van der Waals surface area (Å²) < 4.78 is 0. The first-order valence-corrected chi connectivity index (χ1v) is 9.06. The van der Waals surface area contributed by atoms with Gasteiger partial charge >= 0.3 is 0 Å². The number of aryl methyl sites for hydroxylation is 4. The molecule has 0 radical (unpaired) electrons. The molecule has 0 saturated carbocycles. The normalized spacial score (nSPS) is 11.7. The molecule has 0 aliphatic rings. The molecule has 2 rings (SSSR count). The quantitative estimate of drug-likeness (QED) is 0.649. The molecule has 6 heteroatoms. The van der Waals surface area contributed by atoms with Crippen LogP contribution >= 0.6 is 11.8 Å². The van der Waals surface area contributed by atoms with Gasteiger partial charge in [0.05, 0.1) is 10.9 Å². The Morgan fingerprint density at radius 1 is 1.32 bits per heavy atom. The zero-order valence-electron chi connectivity index (χ0n) is 15.2. The minimum Gasteiger partial charge on any atom is -0.325 e. The third-order valence-electron chi connectivity index (χ3n) is 3.84. The summed E-state index contributed by atoms with van der Waals surface area (Å²) in [4.78, 5) is 21.3. The Morgan fingerprint density at radius 2 is 2.04 bits per heavy atom. The largest absolute Gasteiger partial charge is 0.325 e. The lowest BCUT2D eigenvalue weighted by Crippen LogP contribution is -2.23. The van der Waals surface area contributed by atoms with Crippen LogP contribution in [0, 0.1) is 32.1 Å². The van der Waals surface area contributed by atoms with Crippen LogP contribution < -0.4 is 5.32 Å². The first-order valence-electron chi connectivity index (χ1n) is 8.18. The van der Waals surface area contributed by atoms with E-state index < -0.39 is 0 Å². The highest BCUT2D eigenvalue weighted by Crippen LogP contribution is 2.27. The number of nitrogens with one attached hydrogen (secondary N) is 1. The lowest BCUT2D eigenvalue weighted by molar-refractivity contribution is -0.115. The maximum atomic E-state index is 12.6. The van der Waals surface area contributed by atoms with Crippen LogP contribution in [-0.2, 0) is 11.2 Å². The van der Waals surface area contributed by atoms with E-state index in [0.29, 0.717) is 28.5 Å². The third kappa shape index (κ3) is 4.58. The SMILES string of the molecule is CCc1nc(C)c(C#N)c(SC(C)C(=O)Nc2cc(C)ccc2C)n1. The molecule has 0 fully saturated rings. The van der Waals surface area contributed by atoms with Gasteiger partial charge in [0, 0.05) is 12.1 Å². The van der Waals surface area contributed by atoms with E-state index in [1.807, 2.05) is 45.9 Å². The molecule has 2 aromatic rings. The second-order valence-electron chi connectivity index (χ2n) is 5.94. The summed E-state index contributed by atoms with van der Waals surface area (Å²) in [7, 11) is 0. The van der Waals surface area contributed by atoms with Gasteiger partial charge in [-0.3, -0.25) is 4.79 Å². The van der Waals surface area contributed by atoms with Crippen LogP contribution in [0.2, 0.25) is 0 Å². The minimum atomic E-state index is -0.383. The lowest BCUT2D eigenvalue weighted by Gasteiger charge is -2.15. The minimum absolute atomic E-state index is 0.114. The average molecular weight is 354 g/mol. The summed E-state index contributed by atoms with van der Waals surface area (Å²) in [5.41, 5.74) is 4.01. The van der Waals surface area contributed by atoms with Gasteiger partial charge in [-0.2, -0.15) is 5.26 Å². The molecule has 1 aromatic carbocycles. The molecular weight excluding hydrogens is 332 g/mol. The van der Waals surface area contributed by atoms with E-state index in [1.165, 1.54) is 11.8 Å². The number of aromatic nitrogens is 2. The van der Waals surface area contributed by atoms with Crippen LogP contribution in [0.1, 0.15) is 42.1 Å². The molecule has 1 atom stereocenters. The Labute approximate surface area is 152 Å². The molecule has 0 bridgehead atoms. The lowest BCUT2D eigenvalue weighted by atomic mass is 10.1. The van der Waals surface area contributed by atoms with E-state index in [-0.39, 0.29) is 11.2 Å². The van der Waals surface area contributed by atoms with Gasteiger partial charge < -0.3 is 5.32 Å². The molecule has 0 aliphatic heterocycles. The highest BCUT2D eigenvalue weighted by atomic mass is 32.2. The molecular formula is C19H22N4OS. The fraction of sp³-hybridized carbons (Fsp3) is 0.368. The van der Waals surface area contributed by atoms with E-state index >= 15 is 0 Å². The predicted octanol–water partition coefficient (Wildman–Crippen LogP) is 3.96. The monoisotopic (exact) mass is 354 g/mol. The summed E-state index contributed by atoms with van der Waals surface area (Å²) in [6, 6.07) is 8.10. The number of amides is 1. The van der Waals surface area contributed by atoms with Crippen LogP contribution in [-0.4, -0.2) is 21.1 Å². The Hall–Kier alpha value is -2.39. The molecule has 1 amide bonds. The molecule has 1 N–H and O–H groups in total. The van der Waals surface area contributed by atoms with Crippen molar-refractivity contribution in [3.63, 3.8) is 0 Å². The van der Waals surface area contributed by atoms with Crippen molar-refractivity contribution in [1.29, 1.82) is 5.26 Å².